The van der Waals surface area contributed by atoms with Gasteiger partial charge in [-0.3, -0.25) is 9.59 Å². The van der Waals surface area contributed by atoms with Gasteiger partial charge in [0, 0.05) is 4.88 Å². The number of amides is 1. The van der Waals surface area contributed by atoms with Gasteiger partial charge >= 0.3 is 0 Å². The van der Waals surface area contributed by atoms with Gasteiger partial charge in [-0.2, -0.15) is 5.26 Å². The number of thioether (sulfide) groups is 1. The van der Waals surface area contributed by atoms with Crippen LogP contribution in [0.3, 0.4) is 0 Å². The zero-order chi connectivity index (χ0) is 22.2. The van der Waals surface area contributed by atoms with E-state index >= 15 is 0 Å². The molecule has 0 bridgehead atoms. The number of para-hydroxylation sites is 1. The van der Waals surface area contributed by atoms with Gasteiger partial charge in [0.2, 0.25) is 5.91 Å². The molecule has 6 nitrogen and oxygen atoms in total. The summed E-state index contributed by atoms with van der Waals surface area (Å²) in [6.07, 6.45) is 2.89. The van der Waals surface area contributed by atoms with Gasteiger partial charge in [0.25, 0.3) is 5.56 Å². The number of fused-ring (bicyclic) bond motifs is 2. The van der Waals surface area contributed by atoms with Crippen LogP contribution in [-0.4, -0.2) is 21.6 Å². The number of hydrogen-bond acceptors (Lipinski definition) is 6. The third kappa shape index (κ3) is 4.53. The Morgan fingerprint density at radius 1 is 1.39 bits per heavy atom. The van der Waals surface area contributed by atoms with E-state index in [2.05, 4.69) is 42.1 Å². The Bertz CT molecular complexity index is 1250. The summed E-state index contributed by atoms with van der Waals surface area (Å²) in [6.45, 7) is 6.77. The van der Waals surface area contributed by atoms with Crippen molar-refractivity contribution in [1.82, 2.24) is 9.97 Å². The fraction of sp³-hybridized carbons (Fsp3) is 0.391. The summed E-state index contributed by atoms with van der Waals surface area (Å²) in [7, 11) is 0. The second-order valence-corrected chi connectivity index (χ2v) is 10.9. The maximum Gasteiger partial charge on any atom is 0.259 e. The highest BCUT2D eigenvalue weighted by Crippen LogP contribution is 2.44. The zero-order valence-electron chi connectivity index (χ0n) is 17.7. The average Bonchev–Trinajstić information content (AvgIpc) is 3.07. The lowest BCUT2D eigenvalue weighted by atomic mass is 9.72. The van der Waals surface area contributed by atoms with Crippen molar-refractivity contribution in [3.05, 3.63) is 50.6 Å². The van der Waals surface area contributed by atoms with E-state index in [1.807, 2.05) is 6.07 Å². The van der Waals surface area contributed by atoms with Gasteiger partial charge in [-0.1, -0.05) is 44.7 Å². The molecule has 0 fully saturated rings. The molecule has 4 rings (SSSR count). The van der Waals surface area contributed by atoms with Gasteiger partial charge in [-0.25, -0.2) is 4.98 Å². The van der Waals surface area contributed by atoms with E-state index in [4.69, 9.17) is 0 Å². The number of aromatic amines is 1. The molecule has 2 N–H and O–H groups in total. The van der Waals surface area contributed by atoms with Crippen LogP contribution >= 0.6 is 23.1 Å². The van der Waals surface area contributed by atoms with E-state index in [1.165, 1.54) is 28.0 Å². The van der Waals surface area contributed by atoms with Crippen molar-refractivity contribution in [3.8, 4) is 6.07 Å². The minimum atomic E-state index is -0.223. The van der Waals surface area contributed by atoms with Crippen LogP contribution in [0.4, 0.5) is 5.00 Å². The minimum Gasteiger partial charge on any atom is -0.316 e. The van der Waals surface area contributed by atoms with Gasteiger partial charge in [0.15, 0.2) is 5.16 Å². The summed E-state index contributed by atoms with van der Waals surface area (Å²) in [5.74, 6) is 0.447. The molecular formula is C23H24N4O2S2. The molecule has 8 heteroatoms. The van der Waals surface area contributed by atoms with Crippen molar-refractivity contribution in [3.63, 3.8) is 0 Å². The number of hydrogen-bond donors (Lipinski definition) is 2. The van der Waals surface area contributed by atoms with Crippen LogP contribution in [0, 0.1) is 22.7 Å². The Labute approximate surface area is 189 Å². The highest BCUT2D eigenvalue weighted by atomic mass is 32.2. The molecule has 3 aromatic rings. The molecule has 0 radical (unpaired) electrons. The highest BCUT2D eigenvalue weighted by Gasteiger charge is 2.32. The normalized spacial score (nSPS) is 16.0. The average molecular weight is 453 g/mol. The first-order valence-electron chi connectivity index (χ1n) is 10.2. The van der Waals surface area contributed by atoms with Crippen molar-refractivity contribution < 1.29 is 4.79 Å². The third-order valence-electron chi connectivity index (χ3n) is 5.79. The predicted octanol–water partition coefficient (Wildman–Crippen LogP) is 4.74. The van der Waals surface area contributed by atoms with E-state index in [1.54, 1.807) is 18.2 Å². The summed E-state index contributed by atoms with van der Waals surface area (Å²) in [6, 6.07) is 9.39. The van der Waals surface area contributed by atoms with Gasteiger partial charge in [0.05, 0.1) is 22.2 Å². The number of benzene rings is 1. The first-order valence-corrected chi connectivity index (χ1v) is 12.0. The van der Waals surface area contributed by atoms with Gasteiger partial charge < -0.3 is 10.3 Å². The molecule has 0 saturated heterocycles. The molecule has 1 atom stereocenters. The molecule has 1 amide bonds. The number of carbonyl (C=O) groups excluding carboxylic acids is 1. The van der Waals surface area contributed by atoms with Crippen molar-refractivity contribution in [2.45, 2.75) is 45.2 Å². The van der Waals surface area contributed by atoms with Gasteiger partial charge in [-0.15, -0.1) is 11.3 Å². The molecule has 2 heterocycles. The summed E-state index contributed by atoms with van der Waals surface area (Å²) in [4.78, 5) is 33.1. The van der Waals surface area contributed by atoms with Crippen molar-refractivity contribution in [2.24, 2.45) is 11.3 Å². The number of aromatic nitrogens is 2. The Hall–Kier alpha value is -2.63. The topological polar surface area (TPSA) is 98.6 Å². The van der Waals surface area contributed by atoms with Crippen LogP contribution in [0.5, 0.6) is 0 Å². The third-order valence-corrected chi connectivity index (χ3v) is 7.83. The Morgan fingerprint density at radius 2 is 2.16 bits per heavy atom. The molecule has 1 unspecified atom stereocenters. The van der Waals surface area contributed by atoms with Crippen LogP contribution < -0.4 is 10.9 Å². The number of anilines is 1. The van der Waals surface area contributed by atoms with E-state index in [-0.39, 0.29) is 22.6 Å². The van der Waals surface area contributed by atoms with Gasteiger partial charge in [0.1, 0.15) is 11.1 Å². The molecule has 31 heavy (non-hydrogen) atoms. The second kappa shape index (κ2) is 8.48. The smallest absolute Gasteiger partial charge is 0.259 e. The lowest BCUT2D eigenvalue weighted by molar-refractivity contribution is -0.113. The Balaban J connectivity index is 1.47. The summed E-state index contributed by atoms with van der Waals surface area (Å²) in [5.41, 5.74) is 2.29. The van der Waals surface area contributed by atoms with Crippen molar-refractivity contribution in [2.75, 3.05) is 11.1 Å². The number of nitrogens with zero attached hydrogens (tertiary/aromatic N) is 2. The molecule has 0 aliphatic heterocycles. The Morgan fingerprint density at radius 3 is 2.90 bits per heavy atom. The number of nitriles is 1. The number of H-pyrrole nitrogens is 1. The fourth-order valence-electron chi connectivity index (χ4n) is 3.96. The first kappa shape index (κ1) is 21.6. The number of carbonyl (C=O) groups is 1. The molecule has 1 aliphatic rings. The lowest BCUT2D eigenvalue weighted by Crippen LogP contribution is -2.26. The minimum absolute atomic E-state index is 0.0966. The molecule has 2 aromatic heterocycles. The SMILES string of the molecule is CC(C)(C)C1CCc2c(sc(NC(=O)CSc3nc4ccccc4c(=O)[nH]3)c2C#N)C1. The maximum atomic E-state index is 12.6. The molecule has 0 saturated carbocycles. The maximum absolute atomic E-state index is 12.6. The van der Waals surface area contributed by atoms with Crippen LogP contribution in [0.2, 0.25) is 0 Å². The highest BCUT2D eigenvalue weighted by molar-refractivity contribution is 7.99. The van der Waals surface area contributed by atoms with E-state index in [9.17, 15) is 14.9 Å². The molecule has 0 spiro atoms. The first-order chi connectivity index (χ1) is 14.8. The lowest BCUT2D eigenvalue weighted by Gasteiger charge is -2.33. The van der Waals surface area contributed by atoms with E-state index < -0.39 is 0 Å². The quantitative estimate of drug-likeness (QED) is 0.440. The summed E-state index contributed by atoms with van der Waals surface area (Å²) in [5, 5.41) is 14.2. The van der Waals surface area contributed by atoms with Crippen molar-refractivity contribution >= 4 is 44.9 Å². The van der Waals surface area contributed by atoms with Crippen LogP contribution in [0.15, 0.2) is 34.2 Å². The van der Waals surface area contributed by atoms with E-state index in [0.29, 0.717) is 32.5 Å². The summed E-state index contributed by atoms with van der Waals surface area (Å²) < 4.78 is 0. The number of rotatable bonds is 4. The molecule has 1 aliphatic carbocycles. The monoisotopic (exact) mass is 452 g/mol. The standard InChI is InChI=1S/C23H24N4O2S2/c1-23(2,3)13-8-9-14-16(11-24)21(31-18(14)10-13)26-19(28)12-30-22-25-17-7-5-4-6-15(17)20(29)27-22/h4-7,13H,8-10,12H2,1-3H3,(H,26,28)(H,25,27,29). The Kier molecular flexibility index (Phi) is 5.91. The number of nitrogens with one attached hydrogen (secondary N) is 2. The molecule has 160 valence electrons. The number of thiophene rings is 1. The zero-order valence-corrected chi connectivity index (χ0v) is 19.4. The van der Waals surface area contributed by atoms with Crippen LogP contribution in [0.25, 0.3) is 10.9 Å². The predicted molar refractivity (Wildman–Crippen MR) is 126 cm³/mol. The molecular weight excluding hydrogens is 428 g/mol. The fourth-order valence-corrected chi connectivity index (χ4v) is 5.92. The van der Waals surface area contributed by atoms with E-state index in [0.717, 1.165) is 24.8 Å². The van der Waals surface area contributed by atoms with Crippen LogP contribution in [-0.2, 0) is 17.6 Å². The van der Waals surface area contributed by atoms with Crippen molar-refractivity contribution in [1.29, 1.82) is 5.26 Å². The molecule has 1 aromatic carbocycles. The summed E-state index contributed by atoms with van der Waals surface area (Å²) >= 11 is 2.70. The largest absolute Gasteiger partial charge is 0.316 e. The van der Waals surface area contributed by atoms with Crippen LogP contribution in [0.1, 0.15) is 43.2 Å². The second-order valence-electron chi connectivity index (χ2n) is 8.85. The van der Waals surface area contributed by atoms with Gasteiger partial charge in [-0.05, 0) is 48.3 Å².